The molecule has 0 unspecified atom stereocenters. The predicted octanol–water partition coefficient (Wildman–Crippen LogP) is 4.97. The Morgan fingerprint density at radius 3 is 2.31 bits per heavy atom. The second kappa shape index (κ2) is 6.41. The molecule has 0 bridgehead atoms. The molecule has 0 amide bonds. The SMILES string of the molecule is O=[N+]([O-])c1ccc2c(c1)[C@@H]1c3ccccc3C[C@H]1[C@@H](c1ccccc1[N+](=O)[O-])N2. The molecular formula is C22H17N3O4. The molecule has 0 aromatic heterocycles. The molecule has 1 aliphatic carbocycles. The lowest BCUT2D eigenvalue weighted by atomic mass is 9.75. The van der Waals surface area contributed by atoms with Crippen molar-refractivity contribution >= 4 is 17.1 Å². The van der Waals surface area contributed by atoms with Gasteiger partial charge in [0.25, 0.3) is 11.4 Å². The van der Waals surface area contributed by atoms with Crippen LogP contribution >= 0.6 is 0 Å². The quantitative estimate of drug-likeness (QED) is 0.505. The molecular weight excluding hydrogens is 370 g/mol. The first-order valence-corrected chi connectivity index (χ1v) is 9.40. The van der Waals surface area contributed by atoms with Gasteiger partial charge in [-0.2, -0.15) is 0 Å². The molecule has 7 heteroatoms. The van der Waals surface area contributed by atoms with Crippen LogP contribution in [0.3, 0.4) is 0 Å². The van der Waals surface area contributed by atoms with E-state index in [-0.39, 0.29) is 39.1 Å². The van der Waals surface area contributed by atoms with Gasteiger partial charge in [-0.3, -0.25) is 20.2 Å². The summed E-state index contributed by atoms with van der Waals surface area (Å²) in [5.74, 6) is -0.0184. The third kappa shape index (κ3) is 2.66. The number of hydrogen-bond donors (Lipinski definition) is 1. The van der Waals surface area contributed by atoms with E-state index in [9.17, 15) is 20.2 Å². The van der Waals surface area contributed by atoms with Gasteiger partial charge in [0.15, 0.2) is 0 Å². The number of para-hydroxylation sites is 1. The first-order valence-electron chi connectivity index (χ1n) is 9.40. The van der Waals surface area contributed by atoms with Crippen molar-refractivity contribution in [1.29, 1.82) is 0 Å². The van der Waals surface area contributed by atoms with Crippen LogP contribution in [0.1, 0.15) is 34.2 Å². The van der Waals surface area contributed by atoms with Gasteiger partial charge in [-0.15, -0.1) is 0 Å². The lowest BCUT2D eigenvalue weighted by Gasteiger charge is -2.37. The third-order valence-electron chi connectivity index (χ3n) is 6.06. The van der Waals surface area contributed by atoms with Gasteiger partial charge in [-0.05, 0) is 35.1 Å². The monoisotopic (exact) mass is 387 g/mol. The zero-order valence-corrected chi connectivity index (χ0v) is 15.3. The van der Waals surface area contributed by atoms with E-state index in [1.807, 2.05) is 18.2 Å². The molecule has 0 saturated heterocycles. The van der Waals surface area contributed by atoms with E-state index in [0.717, 1.165) is 23.2 Å². The van der Waals surface area contributed by atoms with Gasteiger partial charge < -0.3 is 5.32 Å². The Kier molecular flexibility index (Phi) is 3.84. The largest absolute Gasteiger partial charge is 0.377 e. The zero-order chi connectivity index (χ0) is 20.1. The molecule has 1 aliphatic heterocycles. The normalized spacial score (nSPS) is 21.4. The van der Waals surface area contributed by atoms with E-state index in [2.05, 4.69) is 17.4 Å². The van der Waals surface area contributed by atoms with Gasteiger partial charge in [-0.1, -0.05) is 42.5 Å². The van der Waals surface area contributed by atoms with Gasteiger partial charge >= 0.3 is 0 Å². The number of hydrogen-bond acceptors (Lipinski definition) is 5. The Morgan fingerprint density at radius 1 is 0.828 bits per heavy atom. The summed E-state index contributed by atoms with van der Waals surface area (Å²) in [6, 6.07) is 19.5. The highest BCUT2D eigenvalue weighted by atomic mass is 16.6. The maximum absolute atomic E-state index is 11.6. The Balaban J connectivity index is 1.71. The smallest absolute Gasteiger partial charge is 0.274 e. The molecule has 0 fully saturated rings. The number of rotatable bonds is 3. The van der Waals surface area contributed by atoms with E-state index in [0.29, 0.717) is 5.56 Å². The van der Waals surface area contributed by atoms with Crippen LogP contribution in [0.2, 0.25) is 0 Å². The van der Waals surface area contributed by atoms with Gasteiger partial charge in [0.1, 0.15) is 0 Å². The van der Waals surface area contributed by atoms with E-state index in [1.165, 1.54) is 17.7 Å². The van der Waals surface area contributed by atoms with Crippen molar-refractivity contribution in [1.82, 2.24) is 0 Å². The van der Waals surface area contributed by atoms with Gasteiger partial charge in [0.2, 0.25) is 0 Å². The summed E-state index contributed by atoms with van der Waals surface area (Å²) in [5, 5.41) is 26.4. The number of nitro groups is 2. The molecule has 2 aliphatic rings. The van der Waals surface area contributed by atoms with Crippen molar-refractivity contribution in [3.63, 3.8) is 0 Å². The van der Waals surface area contributed by atoms with Crippen molar-refractivity contribution in [3.8, 4) is 0 Å². The Labute approximate surface area is 166 Å². The first kappa shape index (κ1) is 17.4. The fourth-order valence-corrected chi connectivity index (χ4v) is 4.89. The molecule has 3 atom stereocenters. The number of anilines is 1. The molecule has 1 heterocycles. The van der Waals surface area contributed by atoms with E-state index < -0.39 is 0 Å². The summed E-state index contributed by atoms with van der Waals surface area (Å²) >= 11 is 0. The topological polar surface area (TPSA) is 98.3 Å². The minimum Gasteiger partial charge on any atom is -0.377 e. The Morgan fingerprint density at radius 2 is 1.55 bits per heavy atom. The van der Waals surface area contributed by atoms with Crippen LogP contribution in [0.25, 0.3) is 0 Å². The average molecular weight is 387 g/mol. The molecule has 29 heavy (non-hydrogen) atoms. The predicted molar refractivity (Wildman–Crippen MR) is 108 cm³/mol. The van der Waals surface area contributed by atoms with Gasteiger partial charge in [0, 0.05) is 29.8 Å². The molecule has 0 spiro atoms. The minimum atomic E-state index is -0.385. The number of nitro benzene ring substituents is 2. The number of nitrogens with zero attached hydrogens (tertiary/aromatic N) is 2. The van der Waals surface area contributed by atoms with Crippen molar-refractivity contribution in [2.75, 3.05) is 5.32 Å². The molecule has 1 N–H and O–H groups in total. The summed E-state index contributed by atoms with van der Waals surface area (Å²) < 4.78 is 0. The van der Waals surface area contributed by atoms with Crippen molar-refractivity contribution in [2.24, 2.45) is 5.92 Å². The summed E-state index contributed by atoms with van der Waals surface area (Å²) in [4.78, 5) is 22.3. The fraction of sp³-hybridized carbons (Fsp3) is 0.182. The molecule has 3 aromatic rings. The minimum absolute atomic E-state index is 0.0306. The van der Waals surface area contributed by atoms with E-state index in [1.54, 1.807) is 24.3 Å². The lowest BCUT2D eigenvalue weighted by molar-refractivity contribution is -0.385. The Hall–Kier alpha value is -3.74. The number of fused-ring (bicyclic) bond motifs is 5. The van der Waals surface area contributed by atoms with Crippen LogP contribution in [-0.4, -0.2) is 9.85 Å². The molecule has 0 radical (unpaired) electrons. The first-order chi connectivity index (χ1) is 14.0. The molecule has 3 aromatic carbocycles. The van der Waals surface area contributed by atoms with E-state index in [4.69, 9.17) is 0 Å². The standard InChI is InChI=1S/C22H17N3O4/c26-24(27)14-9-10-19-17(12-14)21-15-6-2-1-5-13(15)11-18(21)22(23-19)16-7-3-4-8-20(16)25(28)29/h1-10,12,18,21-23H,11H2/t18-,21+,22-/m1/s1. The second-order valence-corrected chi connectivity index (χ2v) is 7.51. The van der Waals surface area contributed by atoms with Crippen LogP contribution in [0, 0.1) is 26.1 Å². The molecule has 0 saturated carbocycles. The number of nitrogens with one attached hydrogen (secondary N) is 1. The molecule has 144 valence electrons. The molecule has 5 rings (SSSR count). The maximum atomic E-state index is 11.6. The van der Waals surface area contributed by atoms with Gasteiger partial charge in [-0.25, -0.2) is 0 Å². The highest BCUT2D eigenvalue weighted by Crippen LogP contribution is 2.55. The highest BCUT2D eigenvalue weighted by molar-refractivity contribution is 5.66. The van der Waals surface area contributed by atoms with Crippen LogP contribution in [0.5, 0.6) is 0 Å². The average Bonchev–Trinajstić information content (AvgIpc) is 3.12. The fourth-order valence-electron chi connectivity index (χ4n) is 4.89. The Bertz CT molecular complexity index is 1160. The number of benzene rings is 3. The van der Waals surface area contributed by atoms with Crippen LogP contribution in [-0.2, 0) is 6.42 Å². The van der Waals surface area contributed by atoms with Crippen LogP contribution in [0.4, 0.5) is 17.1 Å². The van der Waals surface area contributed by atoms with Crippen molar-refractivity contribution in [3.05, 3.63) is 109 Å². The van der Waals surface area contributed by atoms with Crippen LogP contribution < -0.4 is 5.32 Å². The number of non-ortho nitro benzene ring substituents is 1. The third-order valence-corrected chi connectivity index (χ3v) is 6.06. The summed E-state index contributed by atoms with van der Waals surface area (Å²) in [7, 11) is 0. The molecule has 7 nitrogen and oxygen atoms in total. The second-order valence-electron chi connectivity index (χ2n) is 7.51. The lowest BCUT2D eigenvalue weighted by Crippen LogP contribution is -2.30. The van der Waals surface area contributed by atoms with Crippen molar-refractivity contribution < 1.29 is 9.85 Å². The summed E-state index contributed by atoms with van der Waals surface area (Å²) in [5.41, 5.74) is 4.78. The van der Waals surface area contributed by atoms with Crippen LogP contribution in [0.15, 0.2) is 66.7 Å². The summed E-state index contributed by atoms with van der Waals surface area (Å²) in [6.07, 6.45) is 0.757. The zero-order valence-electron chi connectivity index (χ0n) is 15.3. The summed E-state index contributed by atoms with van der Waals surface area (Å²) in [6.45, 7) is 0. The van der Waals surface area contributed by atoms with E-state index >= 15 is 0 Å². The maximum Gasteiger partial charge on any atom is 0.274 e. The van der Waals surface area contributed by atoms with Crippen molar-refractivity contribution in [2.45, 2.75) is 18.4 Å². The highest BCUT2D eigenvalue weighted by Gasteiger charge is 2.45. The van der Waals surface area contributed by atoms with Gasteiger partial charge in [0.05, 0.1) is 21.5 Å².